The van der Waals surface area contributed by atoms with Crippen LogP contribution in [0, 0.1) is 12.7 Å². The number of aryl methyl sites for hydroxylation is 1. The molecule has 0 aliphatic carbocycles. The molecule has 2 aromatic rings. The summed E-state index contributed by atoms with van der Waals surface area (Å²) < 4.78 is 13.8. The van der Waals surface area contributed by atoms with Gasteiger partial charge in [-0.25, -0.2) is 14.4 Å². The average molecular weight is 280 g/mol. The molecule has 0 radical (unpaired) electrons. The van der Waals surface area contributed by atoms with Crippen molar-refractivity contribution in [1.29, 1.82) is 0 Å². The molecule has 0 saturated heterocycles. The number of aromatic nitrogens is 2. The number of hydrogen-bond donors (Lipinski definition) is 1. The maximum atomic E-state index is 13.8. The Morgan fingerprint density at radius 1 is 1.32 bits per heavy atom. The molecule has 0 unspecified atom stereocenters. The minimum absolute atomic E-state index is 0.126. The van der Waals surface area contributed by atoms with Crippen LogP contribution in [-0.4, -0.2) is 17.0 Å². The van der Waals surface area contributed by atoms with Crippen LogP contribution in [0.4, 0.5) is 4.39 Å². The summed E-state index contributed by atoms with van der Waals surface area (Å²) in [6.07, 6.45) is 0.338. The van der Waals surface area contributed by atoms with Gasteiger partial charge in [-0.1, -0.05) is 23.7 Å². The molecule has 0 atom stereocenters. The molecule has 2 rings (SSSR count). The van der Waals surface area contributed by atoms with E-state index < -0.39 is 5.82 Å². The Balaban J connectivity index is 2.30. The van der Waals surface area contributed by atoms with Gasteiger partial charge in [0.25, 0.3) is 0 Å². The van der Waals surface area contributed by atoms with E-state index in [2.05, 4.69) is 15.3 Å². The van der Waals surface area contributed by atoms with Gasteiger partial charge in [0.1, 0.15) is 11.6 Å². The largest absolute Gasteiger partial charge is 0.314 e. The van der Waals surface area contributed by atoms with Gasteiger partial charge < -0.3 is 5.32 Å². The van der Waals surface area contributed by atoms with Gasteiger partial charge in [-0.2, -0.15) is 0 Å². The average Bonchev–Trinajstić information content (AvgIpc) is 2.35. The second-order valence-corrected chi connectivity index (χ2v) is 4.74. The molecule has 19 heavy (non-hydrogen) atoms. The molecule has 0 bridgehead atoms. The van der Waals surface area contributed by atoms with Gasteiger partial charge in [0.2, 0.25) is 0 Å². The van der Waals surface area contributed by atoms with Crippen molar-refractivity contribution < 1.29 is 4.39 Å². The SMILES string of the molecule is CNCc1cc(C)nc(Cc2cccc(Cl)c2F)n1. The first-order valence-electron chi connectivity index (χ1n) is 6.01. The van der Waals surface area contributed by atoms with E-state index in [4.69, 9.17) is 11.6 Å². The lowest BCUT2D eigenvalue weighted by atomic mass is 10.1. The molecule has 1 aromatic heterocycles. The first-order chi connectivity index (χ1) is 9.10. The molecular formula is C14H15ClFN3. The van der Waals surface area contributed by atoms with Gasteiger partial charge in [0.15, 0.2) is 0 Å². The summed E-state index contributed by atoms with van der Waals surface area (Å²) >= 11 is 5.77. The summed E-state index contributed by atoms with van der Waals surface area (Å²) in [5.74, 6) is 0.204. The minimum atomic E-state index is -0.399. The van der Waals surface area contributed by atoms with E-state index in [1.165, 1.54) is 6.07 Å². The molecule has 5 heteroatoms. The minimum Gasteiger partial charge on any atom is -0.314 e. The molecule has 1 aromatic carbocycles. The standard InChI is InChI=1S/C14H15ClFN3/c1-9-6-11(8-17-2)19-13(18-9)7-10-4-3-5-12(15)14(10)16/h3-6,17H,7-8H2,1-2H3. The van der Waals surface area contributed by atoms with Crippen LogP contribution in [0.1, 0.15) is 22.8 Å². The Labute approximate surface area is 116 Å². The molecule has 0 amide bonds. The lowest BCUT2D eigenvalue weighted by Gasteiger charge is -2.07. The quantitative estimate of drug-likeness (QED) is 0.935. The Bertz CT molecular complexity index is 587. The highest BCUT2D eigenvalue weighted by Gasteiger charge is 2.09. The van der Waals surface area contributed by atoms with Crippen molar-refractivity contribution >= 4 is 11.6 Å². The Morgan fingerprint density at radius 3 is 2.84 bits per heavy atom. The van der Waals surface area contributed by atoms with E-state index in [-0.39, 0.29) is 5.02 Å². The predicted octanol–water partition coefficient (Wildman–Crippen LogP) is 2.89. The first-order valence-corrected chi connectivity index (χ1v) is 6.39. The van der Waals surface area contributed by atoms with Gasteiger partial charge in [0.05, 0.1) is 10.7 Å². The Morgan fingerprint density at radius 2 is 2.11 bits per heavy atom. The van der Waals surface area contributed by atoms with E-state index in [0.717, 1.165) is 11.4 Å². The lowest BCUT2D eigenvalue weighted by molar-refractivity contribution is 0.612. The number of nitrogens with zero attached hydrogens (tertiary/aromatic N) is 2. The molecule has 0 fully saturated rings. The maximum absolute atomic E-state index is 13.8. The van der Waals surface area contributed by atoms with Crippen LogP contribution >= 0.6 is 11.6 Å². The molecule has 100 valence electrons. The van der Waals surface area contributed by atoms with Crippen LogP contribution in [0.3, 0.4) is 0 Å². The number of halogens is 2. The predicted molar refractivity (Wildman–Crippen MR) is 73.7 cm³/mol. The third-order valence-corrected chi connectivity index (χ3v) is 2.98. The summed E-state index contributed by atoms with van der Waals surface area (Å²) in [5, 5.41) is 3.16. The van der Waals surface area contributed by atoms with E-state index in [1.54, 1.807) is 12.1 Å². The fourth-order valence-corrected chi connectivity index (χ4v) is 2.10. The summed E-state index contributed by atoms with van der Waals surface area (Å²) in [4.78, 5) is 8.74. The Hall–Kier alpha value is -1.52. The highest BCUT2D eigenvalue weighted by Crippen LogP contribution is 2.19. The lowest BCUT2D eigenvalue weighted by Crippen LogP contribution is -2.10. The topological polar surface area (TPSA) is 37.8 Å². The smallest absolute Gasteiger partial charge is 0.145 e. The van der Waals surface area contributed by atoms with Crippen molar-refractivity contribution in [3.8, 4) is 0 Å². The maximum Gasteiger partial charge on any atom is 0.145 e. The molecule has 0 saturated carbocycles. The van der Waals surface area contributed by atoms with Gasteiger partial charge in [0, 0.05) is 18.7 Å². The summed E-state index contributed by atoms with van der Waals surface area (Å²) in [6, 6.07) is 6.87. The van der Waals surface area contributed by atoms with Crippen LogP contribution in [-0.2, 0) is 13.0 Å². The summed E-state index contributed by atoms with van der Waals surface area (Å²) in [7, 11) is 1.85. The third kappa shape index (κ3) is 3.49. The Kier molecular flexibility index (Phi) is 4.45. The second kappa shape index (κ2) is 6.08. The molecule has 1 N–H and O–H groups in total. The van der Waals surface area contributed by atoms with Gasteiger partial charge in [-0.3, -0.25) is 0 Å². The highest BCUT2D eigenvalue weighted by molar-refractivity contribution is 6.30. The fourth-order valence-electron chi connectivity index (χ4n) is 1.91. The number of rotatable bonds is 4. The number of nitrogens with one attached hydrogen (secondary N) is 1. The molecule has 3 nitrogen and oxygen atoms in total. The van der Waals surface area contributed by atoms with Crippen molar-refractivity contribution in [2.45, 2.75) is 19.9 Å². The number of benzene rings is 1. The first kappa shape index (κ1) is 13.9. The van der Waals surface area contributed by atoms with Gasteiger partial charge in [-0.05, 0) is 31.7 Å². The zero-order valence-corrected chi connectivity index (χ0v) is 11.6. The van der Waals surface area contributed by atoms with Crippen molar-refractivity contribution in [2.24, 2.45) is 0 Å². The van der Waals surface area contributed by atoms with E-state index in [1.807, 2.05) is 20.0 Å². The van der Waals surface area contributed by atoms with E-state index in [0.29, 0.717) is 24.4 Å². The monoisotopic (exact) mass is 279 g/mol. The van der Waals surface area contributed by atoms with Crippen molar-refractivity contribution in [3.05, 3.63) is 57.9 Å². The van der Waals surface area contributed by atoms with E-state index >= 15 is 0 Å². The van der Waals surface area contributed by atoms with Crippen molar-refractivity contribution in [3.63, 3.8) is 0 Å². The zero-order chi connectivity index (χ0) is 13.8. The third-order valence-electron chi connectivity index (χ3n) is 2.69. The number of hydrogen-bond acceptors (Lipinski definition) is 3. The van der Waals surface area contributed by atoms with Crippen LogP contribution in [0.2, 0.25) is 5.02 Å². The van der Waals surface area contributed by atoms with E-state index in [9.17, 15) is 4.39 Å². The van der Waals surface area contributed by atoms with Crippen LogP contribution in [0.25, 0.3) is 0 Å². The molecular weight excluding hydrogens is 265 g/mol. The van der Waals surface area contributed by atoms with Crippen LogP contribution < -0.4 is 5.32 Å². The molecule has 0 aliphatic rings. The van der Waals surface area contributed by atoms with Gasteiger partial charge in [-0.15, -0.1) is 0 Å². The molecule has 0 aliphatic heterocycles. The zero-order valence-electron chi connectivity index (χ0n) is 10.9. The van der Waals surface area contributed by atoms with Crippen molar-refractivity contribution in [1.82, 2.24) is 15.3 Å². The normalized spacial score (nSPS) is 10.7. The van der Waals surface area contributed by atoms with Crippen molar-refractivity contribution in [2.75, 3.05) is 7.05 Å². The summed E-state index contributed by atoms with van der Waals surface area (Å²) in [5.41, 5.74) is 2.28. The molecule has 1 heterocycles. The second-order valence-electron chi connectivity index (χ2n) is 4.34. The van der Waals surface area contributed by atoms with Gasteiger partial charge >= 0.3 is 0 Å². The highest BCUT2D eigenvalue weighted by atomic mass is 35.5. The molecule has 0 spiro atoms. The fraction of sp³-hybridized carbons (Fsp3) is 0.286. The summed E-state index contributed by atoms with van der Waals surface area (Å²) in [6.45, 7) is 2.56. The van der Waals surface area contributed by atoms with Crippen LogP contribution in [0.5, 0.6) is 0 Å². The van der Waals surface area contributed by atoms with Crippen LogP contribution in [0.15, 0.2) is 24.3 Å².